The Morgan fingerprint density at radius 1 is 1.24 bits per heavy atom. The van der Waals surface area contributed by atoms with Crippen LogP contribution in [0, 0.1) is 4.64 Å². The van der Waals surface area contributed by atoms with Gasteiger partial charge in [0.2, 0.25) is 0 Å². The number of H-pyrrole nitrogens is 1. The van der Waals surface area contributed by atoms with E-state index in [2.05, 4.69) is 38.0 Å². The third-order valence-corrected chi connectivity index (χ3v) is 5.54. The van der Waals surface area contributed by atoms with Gasteiger partial charge in [-0.15, -0.1) is 0 Å². The Morgan fingerprint density at radius 3 is 2.86 bits per heavy atom. The molecule has 0 spiro atoms. The van der Waals surface area contributed by atoms with Crippen LogP contribution in [0.5, 0.6) is 5.75 Å². The van der Waals surface area contributed by atoms with E-state index in [1.54, 1.807) is 0 Å². The average molecular weight is 363 g/mol. The summed E-state index contributed by atoms with van der Waals surface area (Å²) in [6, 6.07) is 8.21. The molecule has 1 saturated carbocycles. The second-order valence-corrected chi connectivity index (χ2v) is 6.84. The molecule has 1 fully saturated rings. The highest BCUT2D eigenvalue weighted by atomic mass is 79.9. The van der Waals surface area contributed by atoms with Crippen molar-refractivity contribution < 1.29 is 4.74 Å². The number of nitrogens with zero attached hydrogens (tertiary/aromatic N) is 1. The lowest BCUT2D eigenvalue weighted by molar-refractivity contribution is 0.274. The van der Waals surface area contributed by atoms with Gasteiger partial charge in [-0.25, -0.2) is 4.98 Å². The summed E-state index contributed by atoms with van der Waals surface area (Å²) in [5, 5.41) is 0. The van der Waals surface area contributed by atoms with Crippen molar-refractivity contribution in [3.63, 3.8) is 0 Å². The van der Waals surface area contributed by atoms with Crippen LogP contribution in [0.4, 0.5) is 0 Å². The van der Waals surface area contributed by atoms with E-state index in [0.29, 0.717) is 10.6 Å². The smallest absolute Gasteiger partial charge is 0.144 e. The van der Waals surface area contributed by atoms with E-state index in [1.165, 1.54) is 24.1 Å². The van der Waals surface area contributed by atoms with Gasteiger partial charge in [0.15, 0.2) is 0 Å². The van der Waals surface area contributed by atoms with Gasteiger partial charge in [-0.1, -0.05) is 30.4 Å². The monoisotopic (exact) mass is 362 g/mol. The van der Waals surface area contributed by atoms with Crippen LogP contribution in [0.1, 0.15) is 48.2 Å². The minimum absolute atomic E-state index is 0.238. The molecule has 2 heterocycles. The van der Waals surface area contributed by atoms with Gasteiger partial charge in [-0.2, -0.15) is 0 Å². The highest BCUT2D eigenvalue weighted by Crippen LogP contribution is 2.44. The van der Waals surface area contributed by atoms with E-state index in [4.69, 9.17) is 17.0 Å². The largest absolute Gasteiger partial charge is 0.493 e. The number of aromatic amines is 1. The standard InChI is InChI=1S/C16H15BrN2OS/c17-13-14(9-5-6-9)18-15(19-16(13)21)11-7-8-20-12-4-2-1-3-10(11)12/h1-4,9,11H,5-8H2,(H,18,19,21). The van der Waals surface area contributed by atoms with Gasteiger partial charge in [-0.3, -0.25) is 0 Å². The average Bonchev–Trinajstić information content (AvgIpc) is 3.34. The molecule has 1 unspecified atom stereocenters. The van der Waals surface area contributed by atoms with Crippen LogP contribution in [0.2, 0.25) is 0 Å². The summed E-state index contributed by atoms with van der Waals surface area (Å²) in [4.78, 5) is 8.17. The van der Waals surface area contributed by atoms with Crippen molar-refractivity contribution in [1.82, 2.24) is 9.97 Å². The Bertz CT molecular complexity index is 754. The molecule has 0 saturated heterocycles. The maximum atomic E-state index is 5.74. The van der Waals surface area contributed by atoms with Crippen LogP contribution in [0.25, 0.3) is 0 Å². The predicted octanol–water partition coefficient (Wildman–Crippen LogP) is 4.69. The maximum absolute atomic E-state index is 5.74. The highest BCUT2D eigenvalue weighted by molar-refractivity contribution is 9.10. The van der Waals surface area contributed by atoms with E-state index in [0.717, 1.165) is 29.1 Å². The van der Waals surface area contributed by atoms with E-state index >= 15 is 0 Å². The Hall–Kier alpha value is -1.20. The molecule has 0 radical (unpaired) electrons. The maximum Gasteiger partial charge on any atom is 0.144 e. The molecular weight excluding hydrogens is 348 g/mol. The van der Waals surface area contributed by atoms with Crippen molar-refractivity contribution in [2.75, 3.05) is 6.61 Å². The van der Waals surface area contributed by atoms with Crippen molar-refractivity contribution in [3.05, 3.63) is 50.5 Å². The zero-order valence-electron chi connectivity index (χ0n) is 11.4. The molecule has 1 atom stereocenters. The van der Waals surface area contributed by atoms with Crippen LogP contribution in [-0.4, -0.2) is 16.6 Å². The predicted molar refractivity (Wildman–Crippen MR) is 87.5 cm³/mol. The molecule has 2 aromatic rings. The molecule has 1 aliphatic heterocycles. The summed E-state index contributed by atoms with van der Waals surface area (Å²) in [7, 11) is 0. The van der Waals surface area contributed by atoms with Crippen LogP contribution >= 0.6 is 28.1 Å². The number of hydrogen-bond acceptors (Lipinski definition) is 3. The third-order valence-electron chi connectivity index (χ3n) is 4.18. The quantitative estimate of drug-likeness (QED) is 0.787. The van der Waals surface area contributed by atoms with Gasteiger partial charge in [0.1, 0.15) is 16.2 Å². The summed E-state index contributed by atoms with van der Waals surface area (Å²) in [5.41, 5.74) is 2.42. The van der Waals surface area contributed by atoms with E-state index in [9.17, 15) is 0 Å². The van der Waals surface area contributed by atoms with E-state index in [-0.39, 0.29) is 5.92 Å². The van der Waals surface area contributed by atoms with Crippen LogP contribution in [0.15, 0.2) is 28.7 Å². The minimum atomic E-state index is 0.238. The Morgan fingerprint density at radius 2 is 2.05 bits per heavy atom. The number of hydrogen-bond donors (Lipinski definition) is 1. The van der Waals surface area contributed by atoms with Crippen molar-refractivity contribution in [1.29, 1.82) is 0 Å². The molecule has 0 bridgehead atoms. The SMILES string of the molecule is S=c1nc(C2CCOc3ccccc32)[nH]c(C2CC2)c1Br. The summed E-state index contributed by atoms with van der Waals surface area (Å²) in [6.45, 7) is 0.721. The molecule has 1 aliphatic carbocycles. The van der Waals surface area contributed by atoms with Crippen molar-refractivity contribution in [3.8, 4) is 5.75 Å². The first kappa shape index (κ1) is 13.5. The number of ether oxygens (including phenoxy) is 1. The number of aromatic nitrogens is 2. The van der Waals surface area contributed by atoms with Crippen LogP contribution < -0.4 is 4.74 Å². The molecule has 3 nitrogen and oxygen atoms in total. The molecular formula is C16H15BrN2OS. The van der Waals surface area contributed by atoms with E-state index in [1.807, 2.05) is 12.1 Å². The number of nitrogens with one attached hydrogen (secondary N) is 1. The first-order chi connectivity index (χ1) is 10.2. The summed E-state index contributed by atoms with van der Waals surface area (Å²) < 4.78 is 7.37. The second-order valence-electron chi connectivity index (χ2n) is 5.66. The lowest BCUT2D eigenvalue weighted by Gasteiger charge is -2.25. The molecule has 0 amide bonds. The van der Waals surface area contributed by atoms with Crippen LogP contribution in [0.3, 0.4) is 0 Å². The number of rotatable bonds is 2. The first-order valence-electron chi connectivity index (χ1n) is 7.25. The number of benzene rings is 1. The van der Waals surface area contributed by atoms with Crippen molar-refractivity contribution in [2.24, 2.45) is 0 Å². The fourth-order valence-electron chi connectivity index (χ4n) is 2.94. The fourth-order valence-corrected chi connectivity index (χ4v) is 3.66. The van der Waals surface area contributed by atoms with Gasteiger partial charge >= 0.3 is 0 Å². The van der Waals surface area contributed by atoms with Crippen molar-refractivity contribution in [2.45, 2.75) is 31.1 Å². The van der Waals surface area contributed by atoms with Crippen LogP contribution in [-0.2, 0) is 0 Å². The van der Waals surface area contributed by atoms with Gasteiger partial charge in [0.25, 0.3) is 0 Å². The van der Waals surface area contributed by atoms with Gasteiger partial charge in [0.05, 0.1) is 11.1 Å². The lowest BCUT2D eigenvalue weighted by Crippen LogP contribution is -2.18. The van der Waals surface area contributed by atoms with Gasteiger partial charge < -0.3 is 9.72 Å². The molecule has 4 rings (SSSR count). The lowest BCUT2D eigenvalue weighted by atomic mass is 9.92. The zero-order chi connectivity index (χ0) is 14.4. The van der Waals surface area contributed by atoms with Gasteiger partial charge in [-0.05, 0) is 41.3 Å². The number of fused-ring (bicyclic) bond motifs is 1. The zero-order valence-corrected chi connectivity index (χ0v) is 13.8. The topological polar surface area (TPSA) is 37.9 Å². The Balaban J connectivity index is 1.83. The van der Waals surface area contributed by atoms with E-state index < -0.39 is 0 Å². The Kier molecular flexibility index (Phi) is 3.34. The molecule has 2 aliphatic rings. The number of halogens is 1. The summed E-state index contributed by atoms with van der Waals surface area (Å²) in [5.74, 6) is 2.78. The first-order valence-corrected chi connectivity index (χ1v) is 8.45. The summed E-state index contributed by atoms with van der Waals surface area (Å²) >= 11 is 9.02. The molecule has 1 aromatic carbocycles. The second kappa shape index (κ2) is 5.21. The normalized spacial score (nSPS) is 20.7. The van der Waals surface area contributed by atoms with Gasteiger partial charge in [0, 0.05) is 23.1 Å². The number of para-hydroxylation sites is 1. The van der Waals surface area contributed by atoms with Crippen molar-refractivity contribution >= 4 is 28.1 Å². The molecule has 21 heavy (non-hydrogen) atoms. The fraction of sp³-hybridized carbons (Fsp3) is 0.375. The molecule has 5 heteroatoms. The molecule has 1 N–H and O–H groups in total. The summed E-state index contributed by atoms with van der Waals surface area (Å²) in [6.07, 6.45) is 3.40. The minimum Gasteiger partial charge on any atom is -0.493 e. The third kappa shape index (κ3) is 2.42. The molecule has 108 valence electrons. The molecule has 1 aromatic heterocycles. The highest BCUT2D eigenvalue weighted by Gasteiger charge is 2.30. The Labute approximate surface area is 136 Å².